The fourth-order valence-electron chi connectivity index (χ4n) is 4.53. The van der Waals surface area contributed by atoms with Gasteiger partial charge in [0, 0.05) is 25.4 Å². The van der Waals surface area contributed by atoms with Crippen molar-refractivity contribution in [2.75, 3.05) is 32.0 Å². The van der Waals surface area contributed by atoms with E-state index in [4.69, 9.17) is 39.5 Å². The van der Waals surface area contributed by atoms with Crippen LogP contribution in [0.5, 0.6) is 0 Å². The second-order valence-corrected chi connectivity index (χ2v) is 13.0. The number of piperazine rings is 1. The number of benzene rings is 1. The van der Waals surface area contributed by atoms with E-state index in [1.54, 1.807) is 44.2 Å². The maximum atomic E-state index is 13.5. The third-order valence-corrected chi connectivity index (χ3v) is 8.37. The molecular formula is C25H26Cl3N5O7S. The molecule has 1 aromatic carbocycles. The zero-order chi connectivity index (χ0) is 30.1. The third-order valence-electron chi connectivity index (χ3n) is 6.62. The number of hydrogen-bond donors (Lipinski definition) is 2. The molecule has 0 bridgehead atoms. The predicted molar refractivity (Wildman–Crippen MR) is 151 cm³/mol. The number of thioether (sulfide) groups is 1. The number of alkyl halides is 3. The van der Waals surface area contributed by atoms with Gasteiger partial charge in [-0.25, -0.2) is 9.59 Å². The number of likely N-dealkylation sites (N-methyl/N-ethyl adjacent to an activating group) is 1. The van der Waals surface area contributed by atoms with Crippen molar-refractivity contribution in [3.8, 4) is 0 Å². The highest BCUT2D eigenvalue weighted by atomic mass is 35.6. The fourth-order valence-corrected chi connectivity index (χ4v) is 5.99. The van der Waals surface area contributed by atoms with E-state index in [0.29, 0.717) is 23.4 Å². The summed E-state index contributed by atoms with van der Waals surface area (Å²) in [6, 6.07) is 5.00. The Morgan fingerprint density at radius 1 is 1.10 bits per heavy atom. The van der Waals surface area contributed by atoms with Gasteiger partial charge in [0.1, 0.15) is 29.8 Å². The van der Waals surface area contributed by atoms with Crippen LogP contribution in [0.2, 0.25) is 0 Å². The van der Waals surface area contributed by atoms with E-state index in [-0.39, 0.29) is 18.8 Å². The summed E-state index contributed by atoms with van der Waals surface area (Å²) in [7, 11) is 0. The van der Waals surface area contributed by atoms with Crippen LogP contribution in [0, 0.1) is 0 Å². The van der Waals surface area contributed by atoms with Gasteiger partial charge in [-0.15, -0.1) is 11.8 Å². The number of imide groups is 1. The van der Waals surface area contributed by atoms with Gasteiger partial charge < -0.3 is 20.3 Å². The lowest BCUT2D eigenvalue weighted by molar-refractivity contribution is -0.153. The standard InChI is InChI=1S/C25H26Cl3N5O7S/c1-3-31-9-10-32(21(37)20(31)36)24(39)30-15(14-7-5-4-6-8-14)18(34)29-16-19(35)33-17(13(2)11-41-22(16)33)23(38)40-12-25(26,27)28/h4-8,15-16,22H,3,9-12H2,1-2H3,(H,29,34)(H,30,39)/t15?,16?,22-/m0/s1. The Bertz CT molecular complexity index is 1310. The molecule has 2 unspecified atom stereocenters. The predicted octanol–water partition coefficient (Wildman–Crippen LogP) is 1.72. The molecule has 6 amide bonds. The molecule has 0 spiro atoms. The number of β-lactam (4-membered cyclic amide) rings is 1. The number of halogens is 3. The summed E-state index contributed by atoms with van der Waals surface area (Å²) in [5, 5.41) is 4.55. The lowest BCUT2D eigenvalue weighted by Gasteiger charge is -2.49. The highest BCUT2D eigenvalue weighted by Gasteiger charge is 2.54. The van der Waals surface area contributed by atoms with Crippen molar-refractivity contribution in [1.82, 2.24) is 25.3 Å². The Morgan fingerprint density at radius 2 is 1.78 bits per heavy atom. The molecule has 3 heterocycles. The van der Waals surface area contributed by atoms with Gasteiger partial charge >= 0.3 is 23.8 Å². The summed E-state index contributed by atoms with van der Waals surface area (Å²) in [5.74, 6) is -3.56. The molecule has 2 N–H and O–H groups in total. The van der Waals surface area contributed by atoms with Crippen LogP contribution in [0.3, 0.4) is 0 Å². The Hall–Kier alpha value is -3.00. The maximum absolute atomic E-state index is 13.5. The van der Waals surface area contributed by atoms with E-state index in [2.05, 4.69) is 10.6 Å². The molecule has 3 aliphatic heterocycles. The fraction of sp³-hybridized carbons (Fsp3) is 0.440. The number of nitrogens with zero attached hydrogens (tertiary/aromatic N) is 3. The molecule has 0 aromatic heterocycles. The molecule has 0 saturated carbocycles. The number of fused-ring (bicyclic) bond motifs is 1. The number of esters is 1. The minimum Gasteiger partial charge on any atom is -0.456 e. The van der Waals surface area contributed by atoms with E-state index in [9.17, 15) is 28.8 Å². The van der Waals surface area contributed by atoms with Crippen LogP contribution < -0.4 is 10.6 Å². The maximum Gasteiger partial charge on any atom is 0.355 e. The average Bonchev–Trinajstić information content (AvgIpc) is 2.94. The van der Waals surface area contributed by atoms with Gasteiger partial charge in [0.2, 0.25) is 9.70 Å². The van der Waals surface area contributed by atoms with Crippen LogP contribution in [0.1, 0.15) is 25.5 Å². The average molecular weight is 647 g/mol. The van der Waals surface area contributed by atoms with Crippen molar-refractivity contribution < 1.29 is 33.5 Å². The van der Waals surface area contributed by atoms with Crippen molar-refractivity contribution in [2.45, 2.75) is 35.1 Å². The molecule has 0 radical (unpaired) electrons. The molecule has 16 heteroatoms. The van der Waals surface area contributed by atoms with Gasteiger partial charge in [-0.3, -0.25) is 29.0 Å². The molecule has 4 rings (SSSR count). The Morgan fingerprint density at radius 3 is 2.41 bits per heavy atom. The molecule has 3 atom stereocenters. The SMILES string of the molecule is CCN1CCN(C(=O)NC(C(=O)NC2C(=O)N3C(C(=O)OCC(Cl)(Cl)Cl)=C(C)CS[C@@H]23)c2ccccc2)C(=O)C1=O. The van der Waals surface area contributed by atoms with Crippen molar-refractivity contribution in [3.63, 3.8) is 0 Å². The molecule has 3 aliphatic rings. The van der Waals surface area contributed by atoms with Crippen molar-refractivity contribution in [1.29, 1.82) is 0 Å². The number of urea groups is 1. The van der Waals surface area contributed by atoms with Crippen molar-refractivity contribution in [2.24, 2.45) is 0 Å². The van der Waals surface area contributed by atoms with Crippen LogP contribution in [0.15, 0.2) is 41.6 Å². The quantitative estimate of drug-likeness (QED) is 0.197. The highest BCUT2D eigenvalue weighted by Crippen LogP contribution is 2.41. The Balaban J connectivity index is 1.48. The van der Waals surface area contributed by atoms with Gasteiger partial charge in [-0.1, -0.05) is 65.1 Å². The van der Waals surface area contributed by atoms with E-state index >= 15 is 0 Å². The van der Waals surface area contributed by atoms with Gasteiger partial charge in [0.05, 0.1) is 0 Å². The van der Waals surface area contributed by atoms with E-state index in [1.807, 2.05) is 0 Å². The first-order valence-electron chi connectivity index (χ1n) is 12.5. The summed E-state index contributed by atoms with van der Waals surface area (Å²) < 4.78 is 3.24. The van der Waals surface area contributed by atoms with E-state index in [1.165, 1.54) is 21.6 Å². The van der Waals surface area contributed by atoms with Crippen molar-refractivity contribution in [3.05, 3.63) is 47.2 Å². The van der Waals surface area contributed by atoms with Crippen LogP contribution in [-0.4, -0.2) is 97.5 Å². The molecular weight excluding hydrogens is 621 g/mol. The smallest absolute Gasteiger partial charge is 0.355 e. The topological polar surface area (TPSA) is 145 Å². The summed E-state index contributed by atoms with van der Waals surface area (Å²) in [5.41, 5.74) is 0.979. The monoisotopic (exact) mass is 645 g/mol. The first kappa shape index (κ1) is 30.9. The number of nitrogens with one attached hydrogen (secondary N) is 2. The third kappa shape index (κ3) is 6.58. The van der Waals surface area contributed by atoms with Crippen LogP contribution >= 0.6 is 46.6 Å². The van der Waals surface area contributed by atoms with Gasteiger partial charge in [-0.2, -0.15) is 0 Å². The number of hydrogen-bond acceptors (Lipinski definition) is 8. The summed E-state index contributed by atoms with van der Waals surface area (Å²) in [6.07, 6.45) is 0. The zero-order valence-corrected chi connectivity index (χ0v) is 25.0. The molecule has 2 fully saturated rings. The van der Waals surface area contributed by atoms with E-state index in [0.717, 1.165) is 4.90 Å². The minimum absolute atomic E-state index is 0.0146. The van der Waals surface area contributed by atoms with Gasteiger partial charge in [0.15, 0.2) is 0 Å². The second kappa shape index (κ2) is 12.5. The second-order valence-electron chi connectivity index (χ2n) is 9.35. The summed E-state index contributed by atoms with van der Waals surface area (Å²) >= 11 is 18.3. The zero-order valence-electron chi connectivity index (χ0n) is 21.9. The number of carbonyl (C=O) groups is 6. The van der Waals surface area contributed by atoms with Crippen molar-refractivity contribution >= 4 is 82.2 Å². The molecule has 41 heavy (non-hydrogen) atoms. The first-order chi connectivity index (χ1) is 19.3. The van der Waals surface area contributed by atoms with Crippen LogP contribution in [0.4, 0.5) is 4.79 Å². The van der Waals surface area contributed by atoms with Gasteiger partial charge in [0.25, 0.3) is 5.91 Å². The summed E-state index contributed by atoms with van der Waals surface area (Å²) in [4.78, 5) is 80.5. The molecule has 0 aliphatic carbocycles. The highest BCUT2D eigenvalue weighted by molar-refractivity contribution is 8.00. The lowest BCUT2D eigenvalue weighted by Crippen LogP contribution is -2.71. The lowest BCUT2D eigenvalue weighted by atomic mass is 10.0. The Kier molecular flexibility index (Phi) is 9.42. The number of carbonyl (C=O) groups excluding carboxylic acids is 6. The van der Waals surface area contributed by atoms with Crippen LogP contribution in [0.25, 0.3) is 0 Å². The molecule has 220 valence electrons. The number of amides is 6. The molecule has 1 aromatic rings. The summed E-state index contributed by atoms with van der Waals surface area (Å²) in [6.45, 7) is 3.32. The normalized spacial score (nSPS) is 21.7. The largest absolute Gasteiger partial charge is 0.456 e. The Labute approximate surface area is 254 Å². The first-order valence-corrected chi connectivity index (χ1v) is 14.7. The van der Waals surface area contributed by atoms with E-state index < -0.39 is 63.5 Å². The number of rotatable bonds is 7. The molecule has 2 saturated heterocycles. The van der Waals surface area contributed by atoms with Gasteiger partial charge in [-0.05, 0) is 25.0 Å². The number of ether oxygens (including phenoxy) is 1. The molecule has 12 nitrogen and oxygen atoms in total. The van der Waals surface area contributed by atoms with Crippen LogP contribution in [-0.2, 0) is 28.7 Å². The minimum atomic E-state index is -1.83.